The number of ether oxygens (including phenoxy) is 1. The minimum Gasteiger partial charge on any atom is -0.484 e. The van der Waals surface area contributed by atoms with Crippen LogP contribution in [-0.4, -0.2) is 5.78 Å². The van der Waals surface area contributed by atoms with Crippen LogP contribution in [0.5, 0.6) is 5.75 Å². The fraction of sp³-hybridized carbons (Fsp3) is 0.0417. The van der Waals surface area contributed by atoms with Gasteiger partial charge < -0.3 is 9.15 Å². The summed E-state index contributed by atoms with van der Waals surface area (Å²) in [6, 6.07) is 22.3. The first-order valence-electron chi connectivity index (χ1n) is 8.97. The molecule has 3 nitrogen and oxygen atoms in total. The molecule has 0 N–H and O–H groups in total. The van der Waals surface area contributed by atoms with Crippen LogP contribution in [-0.2, 0) is 6.61 Å². The average molecular weight is 423 g/mol. The van der Waals surface area contributed by atoms with Crippen molar-refractivity contribution in [3.05, 3.63) is 106 Å². The number of fused-ring (bicyclic) bond motifs is 1. The zero-order chi connectivity index (χ0) is 20.2. The molecule has 144 valence electrons. The van der Waals surface area contributed by atoms with Gasteiger partial charge in [0.15, 0.2) is 5.78 Å². The van der Waals surface area contributed by atoms with Crippen molar-refractivity contribution in [1.29, 1.82) is 0 Å². The van der Waals surface area contributed by atoms with E-state index in [9.17, 15) is 4.79 Å². The second kappa shape index (κ2) is 8.56. The average Bonchev–Trinajstić information content (AvgIpc) is 3.20. The third-order valence-corrected chi connectivity index (χ3v) is 5.20. The summed E-state index contributed by atoms with van der Waals surface area (Å²) in [4.78, 5) is 12.5. The molecule has 0 unspecified atom stereocenters. The standard InChI is InChI=1S/C24H16Cl2O3/c25-21-6-3-7-23(24(21)26)28-15-20-11-10-19(29-20)12-13-22(27)18-9-8-16-4-1-2-5-17(16)14-18/h1-14H,15H2/b13-12+. The first-order valence-corrected chi connectivity index (χ1v) is 9.72. The van der Waals surface area contributed by atoms with E-state index in [1.54, 1.807) is 36.4 Å². The van der Waals surface area contributed by atoms with Crippen molar-refractivity contribution in [3.63, 3.8) is 0 Å². The lowest BCUT2D eigenvalue weighted by Crippen LogP contribution is -1.94. The maximum absolute atomic E-state index is 12.5. The van der Waals surface area contributed by atoms with E-state index in [0.717, 1.165) is 10.8 Å². The first-order chi connectivity index (χ1) is 14.1. The molecule has 0 aliphatic rings. The van der Waals surface area contributed by atoms with Gasteiger partial charge in [-0.1, -0.05) is 65.7 Å². The normalized spacial score (nSPS) is 11.2. The lowest BCUT2D eigenvalue weighted by atomic mass is 10.0. The zero-order valence-electron chi connectivity index (χ0n) is 15.3. The lowest BCUT2D eigenvalue weighted by Gasteiger charge is -2.06. The molecule has 0 spiro atoms. The predicted molar refractivity (Wildman–Crippen MR) is 117 cm³/mol. The molecule has 0 aliphatic heterocycles. The Morgan fingerprint density at radius 3 is 2.62 bits per heavy atom. The Hall–Kier alpha value is -3.01. The topological polar surface area (TPSA) is 39.4 Å². The maximum atomic E-state index is 12.5. The van der Waals surface area contributed by atoms with Crippen molar-refractivity contribution in [1.82, 2.24) is 0 Å². The Kier molecular flexibility index (Phi) is 5.70. The summed E-state index contributed by atoms with van der Waals surface area (Å²) in [6.07, 6.45) is 3.15. The Labute approximate surface area is 178 Å². The third-order valence-electron chi connectivity index (χ3n) is 4.40. The number of halogens is 2. The molecule has 0 aliphatic carbocycles. The van der Waals surface area contributed by atoms with E-state index < -0.39 is 0 Å². The Balaban J connectivity index is 1.41. The van der Waals surface area contributed by atoms with E-state index in [1.165, 1.54) is 6.08 Å². The molecule has 5 heteroatoms. The molecule has 4 rings (SSSR count). The summed E-state index contributed by atoms with van der Waals surface area (Å²) >= 11 is 12.1. The van der Waals surface area contributed by atoms with Gasteiger partial charge in [0.2, 0.25) is 0 Å². The van der Waals surface area contributed by atoms with Crippen LogP contribution in [0.15, 0.2) is 83.3 Å². The minimum absolute atomic E-state index is 0.0873. The van der Waals surface area contributed by atoms with Crippen molar-refractivity contribution in [3.8, 4) is 5.75 Å². The molecular weight excluding hydrogens is 407 g/mol. The number of hydrogen-bond donors (Lipinski definition) is 0. The van der Waals surface area contributed by atoms with Crippen molar-refractivity contribution >= 4 is 45.8 Å². The number of ketones is 1. The fourth-order valence-corrected chi connectivity index (χ4v) is 3.25. The van der Waals surface area contributed by atoms with E-state index in [4.69, 9.17) is 32.4 Å². The zero-order valence-corrected chi connectivity index (χ0v) is 16.8. The smallest absolute Gasteiger partial charge is 0.185 e. The summed E-state index contributed by atoms with van der Waals surface area (Å²) in [5, 5.41) is 2.92. The van der Waals surface area contributed by atoms with Gasteiger partial charge in [-0.05, 0) is 53.3 Å². The van der Waals surface area contributed by atoms with Gasteiger partial charge in [-0.2, -0.15) is 0 Å². The molecule has 0 fully saturated rings. The summed E-state index contributed by atoms with van der Waals surface area (Å²) in [5.41, 5.74) is 0.630. The number of rotatable bonds is 6. The van der Waals surface area contributed by atoms with E-state index in [-0.39, 0.29) is 12.4 Å². The summed E-state index contributed by atoms with van der Waals surface area (Å²) in [5.74, 6) is 1.57. The number of furan rings is 1. The molecule has 0 amide bonds. The number of carbonyl (C=O) groups excluding carboxylic acids is 1. The van der Waals surface area contributed by atoms with Gasteiger partial charge in [-0.3, -0.25) is 4.79 Å². The van der Waals surface area contributed by atoms with Crippen LogP contribution in [0.1, 0.15) is 21.9 Å². The Bertz CT molecular complexity index is 1210. The third kappa shape index (κ3) is 4.53. The highest BCUT2D eigenvalue weighted by atomic mass is 35.5. The molecule has 0 saturated heterocycles. The fourth-order valence-electron chi connectivity index (χ4n) is 2.90. The van der Waals surface area contributed by atoms with E-state index in [1.807, 2.05) is 42.5 Å². The van der Waals surface area contributed by atoms with Crippen LogP contribution in [0.3, 0.4) is 0 Å². The first kappa shape index (κ1) is 19.3. The van der Waals surface area contributed by atoms with E-state index in [0.29, 0.717) is 32.9 Å². The van der Waals surface area contributed by atoms with Gasteiger partial charge in [-0.15, -0.1) is 0 Å². The van der Waals surface area contributed by atoms with Crippen LogP contribution >= 0.6 is 23.2 Å². The number of allylic oxidation sites excluding steroid dienone is 1. The quantitative estimate of drug-likeness (QED) is 0.243. The summed E-state index contributed by atoms with van der Waals surface area (Å²) in [6.45, 7) is 0.201. The highest BCUT2D eigenvalue weighted by molar-refractivity contribution is 6.42. The van der Waals surface area contributed by atoms with Crippen LogP contribution in [0.2, 0.25) is 10.0 Å². The van der Waals surface area contributed by atoms with E-state index in [2.05, 4.69) is 0 Å². The predicted octanol–water partition coefficient (Wildman–Crippen LogP) is 7.21. The van der Waals surface area contributed by atoms with Gasteiger partial charge in [0.1, 0.15) is 28.9 Å². The van der Waals surface area contributed by atoms with Crippen molar-refractivity contribution in [2.45, 2.75) is 6.61 Å². The molecule has 1 heterocycles. The summed E-state index contributed by atoms with van der Waals surface area (Å²) in [7, 11) is 0. The van der Waals surface area contributed by atoms with Gasteiger partial charge in [-0.25, -0.2) is 0 Å². The molecule has 3 aromatic carbocycles. The largest absolute Gasteiger partial charge is 0.484 e. The summed E-state index contributed by atoms with van der Waals surface area (Å²) < 4.78 is 11.3. The number of hydrogen-bond acceptors (Lipinski definition) is 3. The second-order valence-corrected chi connectivity index (χ2v) is 7.19. The molecule has 4 aromatic rings. The van der Waals surface area contributed by atoms with Gasteiger partial charge in [0.25, 0.3) is 0 Å². The van der Waals surface area contributed by atoms with Crippen molar-refractivity contribution in [2.75, 3.05) is 0 Å². The van der Waals surface area contributed by atoms with Crippen molar-refractivity contribution in [2.24, 2.45) is 0 Å². The SMILES string of the molecule is O=C(/C=C/c1ccc(COc2cccc(Cl)c2Cl)o1)c1ccc2ccccc2c1. The van der Waals surface area contributed by atoms with Gasteiger partial charge in [0, 0.05) is 5.56 Å². The number of carbonyl (C=O) groups is 1. The van der Waals surface area contributed by atoms with Gasteiger partial charge >= 0.3 is 0 Å². The molecule has 0 bridgehead atoms. The highest BCUT2D eigenvalue weighted by Crippen LogP contribution is 2.32. The second-order valence-electron chi connectivity index (χ2n) is 6.40. The molecular formula is C24H16Cl2O3. The van der Waals surface area contributed by atoms with Gasteiger partial charge in [0.05, 0.1) is 5.02 Å². The highest BCUT2D eigenvalue weighted by Gasteiger charge is 2.08. The van der Waals surface area contributed by atoms with E-state index >= 15 is 0 Å². The van der Waals surface area contributed by atoms with Crippen LogP contribution in [0, 0.1) is 0 Å². The molecule has 1 aromatic heterocycles. The van der Waals surface area contributed by atoms with Crippen LogP contribution < -0.4 is 4.74 Å². The molecule has 0 saturated carbocycles. The molecule has 0 radical (unpaired) electrons. The minimum atomic E-state index is -0.0873. The molecule has 29 heavy (non-hydrogen) atoms. The Morgan fingerprint density at radius 1 is 0.931 bits per heavy atom. The molecule has 0 atom stereocenters. The van der Waals surface area contributed by atoms with Crippen LogP contribution in [0.25, 0.3) is 16.8 Å². The van der Waals surface area contributed by atoms with Crippen molar-refractivity contribution < 1.29 is 13.9 Å². The maximum Gasteiger partial charge on any atom is 0.185 e. The monoisotopic (exact) mass is 422 g/mol. The van der Waals surface area contributed by atoms with Crippen LogP contribution in [0.4, 0.5) is 0 Å². The lowest BCUT2D eigenvalue weighted by molar-refractivity contribution is 0.104. The Morgan fingerprint density at radius 2 is 1.76 bits per heavy atom. The number of benzene rings is 3.